The Bertz CT molecular complexity index is 831. The Balaban J connectivity index is 1.65. The molecule has 0 saturated heterocycles. The number of hydrogen-bond donors (Lipinski definition) is 2. The van der Waals surface area contributed by atoms with Crippen molar-refractivity contribution in [2.24, 2.45) is 5.10 Å². The van der Waals surface area contributed by atoms with Gasteiger partial charge in [-0.1, -0.05) is 0 Å². The molecule has 0 spiro atoms. The summed E-state index contributed by atoms with van der Waals surface area (Å²) >= 11 is 0. The molecule has 8 heteroatoms. The fourth-order valence-corrected chi connectivity index (χ4v) is 2.15. The van der Waals surface area contributed by atoms with Gasteiger partial charge >= 0.3 is 0 Å². The molecule has 23 heavy (non-hydrogen) atoms. The van der Waals surface area contributed by atoms with E-state index in [1.165, 1.54) is 11.0 Å². The molecular weight excluding hydrogens is 294 g/mol. The van der Waals surface area contributed by atoms with Crippen molar-refractivity contribution in [3.63, 3.8) is 0 Å². The highest BCUT2D eigenvalue weighted by molar-refractivity contribution is 5.95. The minimum atomic E-state index is -0.283. The van der Waals surface area contributed by atoms with Crippen LogP contribution in [0.2, 0.25) is 0 Å². The Kier molecular flexibility index (Phi) is 3.96. The van der Waals surface area contributed by atoms with Crippen LogP contribution in [0.15, 0.2) is 41.8 Å². The standard InChI is InChI=1S/C15H15N7O/c1-10-7-13(11(2)18-10)8-16-19-15(23)12-3-5-14(6-4-12)22-9-17-20-21-22/h3-9,18H,1-2H3,(H,19,23)/b16-8+. The highest BCUT2D eigenvalue weighted by Gasteiger charge is 2.05. The molecule has 8 nitrogen and oxygen atoms in total. The smallest absolute Gasteiger partial charge is 0.271 e. The third kappa shape index (κ3) is 3.31. The molecule has 0 fully saturated rings. The number of tetrazole rings is 1. The second-order valence-corrected chi connectivity index (χ2v) is 5.03. The summed E-state index contributed by atoms with van der Waals surface area (Å²) in [7, 11) is 0. The molecule has 0 bridgehead atoms. The fourth-order valence-electron chi connectivity index (χ4n) is 2.15. The first-order valence-corrected chi connectivity index (χ1v) is 6.96. The van der Waals surface area contributed by atoms with Crippen LogP contribution in [0.25, 0.3) is 5.69 Å². The van der Waals surface area contributed by atoms with Crippen LogP contribution in [-0.2, 0) is 0 Å². The van der Waals surface area contributed by atoms with Gasteiger partial charge in [-0.2, -0.15) is 5.10 Å². The molecule has 0 saturated carbocycles. The van der Waals surface area contributed by atoms with Gasteiger partial charge in [0.2, 0.25) is 0 Å². The van der Waals surface area contributed by atoms with Crippen molar-refractivity contribution in [1.82, 2.24) is 30.6 Å². The number of aryl methyl sites for hydroxylation is 2. The lowest BCUT2D eigenvalue weighted by molar-refractivity contribution is 0.0955. The van der Waals surface area contributed by atoms with E-state index < -0.39 is 0 Å². The average molecular weight is 309 g/mol. The topological polar surface area (TPSA) is 101 Å². The molecule has 2 aromatic heterocycles. The van der Waals surface area contributed by atoms with Crippen molar-refractivity contribution >= 4 is 12.1 Å². The number of carbonyl (C=O) groups is 1. The lowest BCUT2D eigenvalue weighted by atomic mass is 10.2. The summed E-state index contributed by atoms with van der Waals surface area (Å²) in [5, 5.41) is 14.9. The fraction of sp³-hybridized carbons (Fsp3) is 0.133. The number of H-pyrrole nitrogens is 1. The molecule has 116 valence electrons. The molecule has 3 aromatic rings. The Hall–Kier alpha value is -3.29. The molecule has 2 heterocycles. The molecule has 0 atom stereocenters. The van der Waals surface area contributed by atoms with Crippen LogP contribution in [-0.4, -0.2) is 37.3 Å². The largest absolute Gasteiger partial charge is 0.362 e. The van der Waals surface area contributed by atoms with Crippen molar-refractivity contribution in [2.75, 3.05) is 0 Å². The summed E-state index contributed by atoms with van der Waals surface area (Å²) in [6.07, 6.45) is 3.10. The summed E-state index contributed by atoms with van der Waals surface area (Å²) in [6, 6.07) is 8.86. The van der Waals surface area contributed by atoms with Crippen LogP contribution in [0.1, 0.15) is 27.3 Å². The molecule has 0 aliphatic rings. The highest BCUT2D eigenvalue weighted by Crippen LogP contribution is 2.08. The summed E-state index contributed by atoms with van der Waals surface area (Å²) < 4.78 is 1.51. The van der Waals surface area contributed by atoms with E-state index in [1.807, 2.05) is 19.9 Å². The van der Waals surface area contributed by atoms with Crippen molar-refractivity contribution < 1.29 is 4.79 Å². The molecule has 0 unspecified atom stereocenters. The van der Waals surface area contributed by atoms with Gasteiger partial charge in [0, 0.05) is 22.5 Å². The number of hydrazone groups is 1. The maximum atomic E-state index is 12.0. The number of nitrogens with one attached hydrogen (secondary N) is 2. The highest BCUT2D eigenvalue weighted by atomic mass is 16.2. The van der Waals surface area contributed by atoms with Gasteiger partial charge < -0.3 is 4.98 Å². The third-order valence-electron chi connectivity index (χ3n) is 3.30. The van der Waals surface area contributed by atoms with Crippen LogP contribution < -0.4 is 5.43 Å². The number of carbonyl (C=O) groups excluding carboxylic acids is 1. The Labute approximate surface area is 132 Å². The SMILES string of the molecule is Cc1cc(/C=N/NC(=O)c2ccc(-n3cnnn3)cc2)c(C)[nH]1. The van der Waals surface area contributed by atoms with Crippen LogP contribution in [0.4, 0.5) is 0 Å². The zero-order chi connectivity index (χ0) is 16.2. The average Bonchev–Trinajstić information content (AvgIpc) is 3.18. The molecule has 1 aromatic carbocycles. The number of hydrogen-bond acceptors (Lipinski definition) is 5. The van der Waals surface area contributed by atoms with Crippen molar-refractivity contribution in [2.45, 2.75) is 13.8 Å². The second kappa shape index (κ2) is 6.22. The number of amides is 1. The normalized spacial score (nSPS) is 11.0. The minimum Gasteiger partial charge on any atom is -0.362 e. The molecule has 0 aliphatic carbocycles. The van der Waals surface area contributed by atoms with E-state index in [9.17, 15) is 4.79 Å². The van der Waals surface area contributed by atoms with Crippen LogP contribution in [0.5, 0.6) is 0 Å². The van der Waals surface area contributed by atoms with Gasteiger partial charge in [-0.3, -0.25) is 4.79 Å². The lowest BCUT2D eigenvalue weighted by Crippen LogP contribution is -2.17. The van der Waals surface area contributed by atoms with Gasteiger partial charge in [0.05, 0.1) is 11.9 Å². The lowest BCUT2D eigenvalue weighted by Gasteiger charge is -2.02. The van der Waals surface area contributed by atoms with E-state index in [0.29, 0.717) is 5.56 Å². The van der Waals surface area contributed by atoms with Crippen LogP contribution >= 0.6 is 0 Å². The maximum absolute atomic E-state index is 12.0. The first kappa shape index (κ1) is 14.6. The molecule has 1 amide bonds. The van der Waals surface area contributed by atoms with Crippen molar-refractivity contribution in [3.8, 4) is 5.69 Å². The van der Waals surface area contributed by atoms with E-state index in [-0.39, 0.29) is 5.91 Å². The Morgan fingerprint density at radius 2 is 2.09 bits per heavy atom. The van der Waals surface area contributed by atoms with Gasteiger partial charge in [0.25, 0.3) is 5.91 Å². The monoisotopic (exact) mass is 309 g/mol. The number of aromatic amines is 1. The van der Waals surface area contributed by atoms with E-state index in [0.717, 1.165) is 22.6 Å². The summed E-state index contributed by atoms with van der Waals surface area (Å²) in [5.41, 5.74) is 6.78. The molecule has 0 aliphatic heterocycles. The predicted octanol–water partition coefficient (Wildman–Crippen LogP) is 1.37. The van der Waals surface area contributed by atoms with Gasteiger partial charge in [-0.25, -0.2) is 10.1 Å². The van der Waals surface area contributed by atoms with Crippen molar-refractivity contribution in [1.29, 1.82) is 0 Å². The summed E-state index contributed by atoms with van der Waals surface area (Å²) in [4.78, 5) is 15.2. The molecule has 2 N–H and O–H groups in total. The van der Waals surface area contributed by atoms with Gasteiger partial charge in [0.1, 0.15) is 6.33 Å². The van der Waals surface area contributed by atoms with E-state index in [4.69, 9.17) is 0 Å². The summed E-state index contributed by atoms with van der Waals surface area (Å²) in [5.74, 6) is -0.283. The number of rotatable bonds is 4. The van der Waals surface area contributed by atoms with Gasteiger partial charge in [-0.15, -0.1) is 5.10 Å². The zero-order valence-electron chi connectivity index (χ0n) is 12.7. The second-order valence-electron chi connectivity index (χ2n) is 5.03. The predicted molar refractivity (Wildman–Crippen MR) is 84.5 cm³/mol. The number of nitrogens with zero attached hydrogens (tertiary/aromatic N) is 5. The van der Waals surface area contributed by atoms with Gasteiger partial charge in [-0.05, 0) is 54.6 Å². The Morgan fingerprint density at radius 3 is 2.70 bits per heavy atom. The van der Waals surface area contributed by atoms with Gasteiger partial charge in [0.15, 0.2) is 0 Å². The quantitative estimate of drug-likeness (QED) is 0.561. The van der Waals surface area contributed by atoms with E-state index >= 15 is 0 Å². The van der Waals surface area contributed by atoms with Crippen LogP contribution in [0, 0.1) is 13.8 Å². The molecule has 0 radical (unpaired) electrons. The Morgan fingerprint density at radius 1 is 1.30 bits per heavy atom. The first-order valence-electron chi connectivity index (χ1n) is 6.96. The number of aromatic nitrogens is 5. The van der Waals surface area contributed by atoms with Crippen LogP contribution in [0.3, 0.4) is 0 Å². The first-order chi connectivity index (χ1) is 11.1. The van der Waals surface area contributed by atoms with Crippen molar-refractivity contribution in [3.05, 3.63) is 59.2 Å². The molecular formula is C15H15N7O. The maximum Gasteiger partial charge on any atom is 0.271 e. The van der Waals surface area contributed by atoms with E-state index in [1.54, 1.807) is 30.5 Å². The minimum absolute atomic E-state index is 0.283. The summed E-state index contributed by atoms with van der Waals surface area (Å²) in [6.45, 7) is 3.92. The van der Waals surface area contributed by atoms with E-state index in [2.05, 4.69) is 31.0 Å². The zero-order valence-corrected chi connectivity index (χ0v) is 12.7. The number of benzene rings is 1. The molecule has 3 rings (SSSR count). The third-order valence-corrected chi connectivity index (χ3v) is 3.30.